The molecule has 0 unspecified atom stereocenters. The molecule has 2 aromatic heterocycles. The van der Waals surface area contributed by atoms with Crippen LogP contribution in [0.4, 0.5) is 5.82 Å². The zero-order valence-electron chi connectivity index (χ0n) is 15.2. The fourth-order valence-electron chi connectivity index (χ4n) is 2.72. The molecule has 0 aliphatic carbocycles. The van der Waals surface area contributed by atoms with Gasteiger partial charge in [-0.15, -0.1) is 11.3 Å². The topological polar surface area (TPSA) is 96.4 Å². The summed E-state index contributed by atoms with van der Waals surface area (Å²) < 4.78 is 5.17. The number of hydrogen-bond acceptors (Lipinski definition) is 7. The average molecular weight is 386 g/mol. The number of rotatable bonds is 8. The van der Waals surface area contributed by atoms with E-state index in [4.69, 9.17) is 9.84 Å². The largest absolute Gasteiger partial charge is 0.395 e. The lowest BCUT2D eigenvalue weighted by atomic mass is 10.1. The van der Waals surface area contributed by atoms with Crippen molar-refractivity contribution >= 4 is 33.3 Å². The maximum atomic E-state index is 12.2. The van der Waals surface area contributed by atoms with Gasteiger partial charge in [-0.2, -0.15) is 0 Å². The van der Waals surface area contributed by atoms with Gasteiger partial charge in [0.15, 0.2) is 5.82 Å². The van der Waals surface area contributed by atoms with Gasteiger partial charge in [-0.1, -0.05) is 30.3 Å². The molecule has 0 saturated heterocycles. The molecule has 8 heteroatoms. The van der Waals surface area contributed by atoms with Gasteiger partial charge in [0.2, 0.25) is 5.91 Å². The quantitative estimate of drug-likeness (QED) is 0.550. The van der Waals surface area contributed by atoms with E-state index in [1.165, 1.54) is 11.3 Å². The number of benzene rings is 1. The highest BCUT2D eigenvalue weighted by molar-refractivity contribution is 7.17. The Morgan fingerprint density at radius 2 is 2.07 bits per heavy atom. The van der Waals surface area contributed by atoms with Crippen molar-refractivity contribution in [2.45, 2.75) is 19.6 Å². The molecule has 3 N–H and O–H groups in total. The highest BCUT2D eigenvalue weighted by Crippen LogP contribution is 2.37. The van der Waals surface area contributed by atoms with Crippen LogP contribution >= 0.6 is 11.3 Å². The van der Waals surface area contributed by atoms with Crippen molar-refractivity contribution in [3.63, 3.8) is 0 Å². The van der Waals surface area contributed by atoms with Crippen LogP contribution in [0.25, 0.3) is 21.3 Å². The van der Waals surface area contributed by atoms with E-state index in [9.17, 15) is 4.79 Å². The number of carbonyl (C=O) groups is 1. The monoisotopic (exact) mass is 386 g/mol. The van der Waals surface area contributed by atoms with Gasteiger partial charge < -0.3 is 20.5 Å². The van der Waals surface area contributed by atoms with Crippen molar-refractivity contribution in [3.8, 4) is 11.1 Å². The summed E-state index contributed by atoms with van der Waals surface area (Å²) in [6.07, 6.45) is 0. The first-order valence-corrected chi connectivity index (χ1v) is 9.49. The number of thiophene rings is 1. The molecule has 0 aliphatic heterocycles. The van der Waals surface area contributed by atoms with E-state index in [2.05, 4.69) is 20.6 Å². The summed E-state index contributed by atoms with van der Waals surface area (Å²) in [4.78, 5) is 22.2. The van der Waals surface area contributed by atoms with Gasteiger partial charge in [-0.25, -0.2) is 9.97 Å². The third-order valence-electron chi connectivity index (χ3n) is 4.00. The summed E-state index contributed by atoms with van der Waals surface area (Å²) in [5.74, 6) is 0.941. The molecular weight excluding hydrogens is 364 g/mol. The minimum atomic E-state index is -0.520. The lowest BCUT2D eigenvalue weighted by Gasteiger charge is -2.16. The molecule has 142 valence electrons. The Morgan fingerprint density at radius 1 is 1.30 bits per heavy atom. The van der Waals surface area contributed by atoms with Crippen molar-refractivity contribution in [2.24, 2.45) is 0 Å². The fraction of sp³-hybridized carbons (Fsp3) is 0.316. The summed E-state index contributed by atoms with van der Waals surface area (Å²) in [5, 5.41) is 17.7. The predicted molar refractivity (Wildman–Crippen MR) is 107 cm³/mol. The Labute approximate surface area is 161 Å². The van der Waals surface area contributed by atoms with Crippen LogP contribution in [0.1, 0.15) is 12.7 Å². The van der Waals surface area contributed by atoms with E-state index in [0.717, 1.165) is 21.3 Å². The van der Waals surface area contributed by atoms with Crippen LogP contribution in [-0.2, 0) is 16.1 Å². The van der Waals surface area contributed by atoms with Crippen LogP contribution in [0.15, 0.2) is 35.7 Å². The summed E-state index contributed by atoms with van der Waals surface area (Å²) in [7, 11) is 1.59. The Bertz CT molecular complexity index is 914. The molecule has 0 bridgehead atoms. The van der Waals surface area contributed by atoms with Crippen LogP contribution in [0, 0.1) is 0 Å². The average Bonchev–Trinajstić information content (AvgIpc) is 3.11. The van der Waals surface area contributed by atoms with Gasteiger partial charge in [0, 0.05) is 24.6 Å². The first-order valence-electron chi connectivity index (χ1n) is 8.61. The molecule has 2 heterocycles. The molecule has 3 rings (SSSR count). The normalized spacial score (nSPS) is 12.1. The second-order valence-electron chi connectivity index (χ2n) is 6.00. The number of ether oxygens (including phenoxy) is 1. The van der Waals surface area contributed by atoms with E-state index >= 15 is 0 Å². The van der Waals surface area contributed by atoms with E-state index < -0.39 is 6.04 Å². The Kier molecular flexibility index (Phi) is 6.33. The molecule has 27 heavy (non-hydrogen) atoms. The molecule has 0 saturated carbocycles. The second-order valence-corrected chi connectivity index (χ2v) is 6.86. The molecule has 1 atom stereocenters. The van der Waals surface area contributed by atoms with Gasteiger partial charge in [0.1, 0.15) is 23.3 Å². The number of aliphatic hydroxyl groups is 1. The number of aromatic nitrogens is 2. The van der Waals surface area contributed by atoms with E-state index in [1.54, 1.807) is 14.0 Å². The minimum absolute atomic E-state index is 0.100. The van der Waals surface area contributed by atoms with Gasteiger partial charge in [-0.3, -0.25) is 4.79 Å². The van der Waals surface area contributed by atoms with Crippen LogP contribution in [0.3, 0.4) is 0 Å². The van der Waals surface area contributed by atoms with Crippen molar-refractivity contribution in [1.82, 2.24) is 15.3 Å². The number of nitrogens with zero attached hydrogens (tertiary/aromatic N) is 2. The first-order chi connectivity index (χ1) is 13.1. The maximum Gasteiger partial charge on any atom is 0.242 e. The van der Waals surface area contributed by atoms with E-state index in [1.807, 2.05) is 35.7 Å². The van der Waals surface area contributed by atoms with Crippen molar-refractivity contribution < 1.29 is 14.6 Å². The van der Waals surface area contributed by atoms with Crippen molar-refractivity contribution in [2.75, 3.05) is 25.6 Å². The molecule has 0 fully saturated rings. The van der Waals surface area contributed by atoms with E-state index in [-0.39, 0.29) is 25.7 Å². The second kappa shape index (κ2) is 8.90. The first kappa shape index (κ1) is 19.2. The molecule has 0 aliphatic rings. The predicted octanol–water partition coefficient (Wildman–Crippen LogP) is 2.41. The smallest absolute Gasteiger partial charge is 0.242 e. The number of aliphatic hydroxyl groups excluding tert-OH is 1. The highest BCUT2D eigenvalue weighted by atomic mass is 32.1. The van der Waals surface area contributed by atoms with Crippen LogP contribution in [0.5, 0.6) is 0 Å². The number of methoxy groups -OCH3 is 1. The van der Waals surface area contributed by atoms with E-state index in [0.29, 0.717) is 11.6 Å². The van der Waals surface area contributed by atoms with Gasteiger partial charge >= 0.3 is 0 Å². The molecule has 3 aromatic rings. The number of fused-ring (bicyclic) bond motifs is 1. The lowest BCUT2D eigenvalue weighted by molar-refractivity contribution is -0.121. The molecule has 1 aromatic carbocycles. The van der Waals surface area contributed by atoms with Gasteiger partial charge in [-0.05, 0) is 12.5 Å². The summed E-state index contributed by atoms with van der Waals surface area (Å²) >= 11 is 1.53. The molecule has 0 radical (unpaired) electrons. The molecule has 1 amide bonds. The standard InChI is InChI=1S/C19H22N4O3S/c1-12(18(25)20-8-9-24)21-17-16-14(13-6-4-3-5-7-13)11-27-19(16)23-15(22-17)10-26-2/h3-7,11-12,24H,8-10H2,1-2H3,(H,20,25)(H,21,22,23)/t12-/m0/s1. The number of amides is 1. The van der Waals surface area contributed by atoms with Crippen LogP contribution in [0.2, 0.25) is 0 Å². The van der Waals surface area contributed by atoms with Crippen molar-refractivity contribution in [1.29, 1.82) is 0 Å². The third kappa shape index (κ3) is 4.41. The zero-order chi connectivity index (χ0) is 19.2. The fourth-order valence-corrected chi connectivity index (χ4v) is 3.68. The minimum Gasteiger partial charge on any atom is -0.395 e. The summed E-state index contributed by atoms with van der Waals surface area (Å²) in [6, 6.07) is 9.48. The Hall–Kier alpha value is -2.55. The van der Waals surface area contributed by atoms with Gasteiger partial charge in [0.05, 0.1) is 12.0 Å². The summed E-state index contributed by atoms with van der Waals surface area (Å²) in [6.45, 7) is 2.16. The summed E-state index contributed by atoms with van der Waals surface area (Å²) in [5.41, 5.74) is 2.08. The SMILES string of the molecule is COCc1nc(N[C@@H](C)C(=O)NCCO)c2c(-c3ccccc3)csc2n1. The number of anilines is 1. The zero-order valence-corrected chi connectivity index (χ0v) is 16.0. The number of hydrogen-bond donors (Lipinski definition) is 3. The Morgan fingerprint density at radius 3 is 2.78 bits per heavy atom. The van der Waals surface area contributed by atoms with Crippen LogP contribution in [-0.4, -0.2) is 47.3 Å². The molecule has 0 spiro atoms. The van der Waals surface area contributed by atoms with Crippen molar-refractivity contribution in [3.05, 3.63) is 41.5 Å². The number of nitrogens with one attached hydrogen (secondary N) is 2. The molecule has 7 nitrogen and oxygen atoms in total. The molecular formula is C19H22N4O3S. The lowest BCUT2D eigenvalue weighted by Crippen LogP contribution is -2.39. The highest BCUT2D eigenvalue weighted by Gasteiger charge is 2.19. The maximum absolute atomic E-state index is 12.2. The van der Waals surface area contributed by atoms with Crippen LogP contribution < -0.4 is 10.6 Å². The van der Waals surface area contributed by atoms with Gasteiger partial charge in [0.25, 0.3) is 0 Å². The number of carbonyl (C=O) groups excluding carboxylic acids is 1. The third-order valence-corrected chi connectivity index (χ3v) is 4.87. The Balaban J connectivity index is 2.02.